The SMILES string of the molecule is CC(=O)Nc1ccc(CN2CCC(Oc3ncc(C)cn3)CC2)cc1. The van der Waals surface area contributed by atoms with Crippen LogP contribution in [0.1, 0.15) is 30.9 Å². The van der Waals surface area contributed by atoms with Gasteiger partial charge < -0.3 is 10.1 Å². The molecule has 25 heavy (non-hydrogen) atoms. The fraction of sp³-hybridized carbons (Fsp3) is 0.421. The fourth-order valence-corrected chi connectivity index (χ4v) is 2.93. The third-order valence-electron chi connectivity index (χ3n) is 4.24. The Balaban J connectivity index is 1.45. The number of piperidine rings is 1. The van der Waals surface area contributed by atoms with Gasteiger partial charge in [-0.2, -0.15) is 0 Å². The molecule has 0 saturated carbocycles. The van der Waals surface area contributed by atoms with E-state index in [1.165, 1.54) is 12.5 Å². The third-order valence-corrected chi connectivity index (χ3v) is 4.24. The molecule has 1 aliphatic heterocycles. The number of ether oxygens (including phenoxy) is 1. The van der Waals surface area contributed by atoms with Gasteiger partial charge in [-0.1, -0.05) is 12.1 Å². The van der Waals surface area contributed by atoms with Gasteiger partial charge in [0, 0.05) is 44.6 Å². The first-order chi connectivity index (χ1) is 12.1. The van der Waals surface area contributed by atoms with E-state index in [4.69, 9.17) is 4.74 Å². The summed E-state index contributed by atoms with van der Waals surface area (Å²) in [4.78, 5) is 21.9. The second kappa shape index (κ2) is 8.07. The average Bonchev–Trinajstić information content (AvgIpc) is 2.60. The summed E-state index contributed by atoms with van der Waals surface area (Å²) in [5.41, 5.74) is 3.11. The minimum Gasteiger partial charge on any atom is -0.460 e. The lowest BCUT2D eigenvalue weighted by Gasteiger charge is -2.31. The minimum absolute atomic E-state index is 0.0487. The van der Waals surface area contributed by atoms with Gasteiger partial charge in [-0.3, -0.25) is 9.69 Å². The summed E-state index contributed by atoms with van der Waals surface area (Å²) < 4.78 is 5.87. The van der Waals surface area contributed by atoms with Crippen molar-refractivity contribution < 1.29 is 9.53 Å². The van der Waals surface area contributed by atoms with Gasteiger partial charge >= 0.3 is 6.01 Å². The van der Waals surface area contributed by atoms with Crippen molar-refractivity contribution in [1.82, 2.24) is 14.9 Å². The molecule has 6 heteroatoms. The fourth-order valence-electron chi connectivity index (χ4n) is 2.93. The second-order valence-corrected chi connectivity index (χ2v) is 6.51. The predicted molar refractivity (Wildman–Crippen MR) is 96.4 cm³/mol. The number of hydrogen-bond donors (Lipinski definition) is 1. The molecule has 6 nitrogen and oxygen atoms in total. The van der Waals surface area contributed by atoms with Crippen molar-refractivity contribution in [1.29, 1.82) is 0 Å². The van der Waals surface area contributed by atoms with Crippen LogP contribution in [0.5, 0.6) is 6.01 Å². The van der Waals surface area contributed by atoms with E-state index in [1.54, 1.807) is 12.4 Å². The van der Waals surface area contributed by atoms with E-state index in [0.29, 0.717) is 6.01 Å². The van der Waals surface area contributed by atoms with Gasteiger partial charge in [0.05, 0.1) is 0 Å². The number of rotatable bonds is 5. The number of likely N-dealkylation sites (tertiary alicyclic amines) is 1. The Morgan fingerprint density at radius 2 is 1.84 bits per heavy atom. The number of carbonyl (C=O) groups is 1. The summed E-state index contributed by atoms with van der Waals surface area (Å²) >= 11 is 0. The molecule has 3 rings (SSSR count). The third kappa shape index (κ3) is 5.26. The van der Waals surface area contributed by atoms with Crippen LogP contribution in [0, 0.1) is 6.92 Å². The van der Waals surface area contributed by atoms with Crippen LogP contribution in [0.25, 0.3) is 0 Å². The van der Waals surface area contributed by atoms with E-state index < -0.39 is 0 Å². The predicted octanol–water partition coefficient (Wildman–Crippen LogP) is 2.79. The summed E-state index contributed by atoms with van der Waals surface area (Å²) in [7, 11) is 0. The zero-order chi connectivity index (χ0) is 17.6. The minimum atomic E-state index is -0.0487. The number of anilines is 1. The molecular formula is C19H24N4O2. The Kier molecular flexibility index (Phi) is 5.60. The Morgan fingerprint density at radius 3 is 2.44 bits per heavy atom. The molecule has 1 saturated heterocycles. The summed E-state index contributed by atoms with van der Waals surface area (Å²) in [6.07, 6.45) is 5.69. The first-order valence-corrected chi connectivity index (χ1v) is 8.63. The van der Waals surface area contributed by atoms with Crippen molar-refractivity contribution in [2.24, 2.45) is 0 Å². The van der Waals surface area contributed by atoms with Crippen LogP contribution in [0.3, 0.4) is 0 Å². The largest absolute Gasteiger partial charge is 0.460 e. The highest BCUT2D eigenvalue weighted by molar-refractivity contribution is 5.88. The molecule has 132 valence electrons. The van der Waals surface area contributed by atoms with Gasteiger partial charge in [0.15, 0.2) is 0 Å². The number of carbonyl (C=O) groups excluding carboxylic acids is 1. The van der Waals surface area contributed by atoms with E-state index in [1.807, 2.05) is 19.1 Å². The van der Waals surface area contributed by atoms with Gasteiger partial charge in [-0.25, -0.2) is 9.97 Å². The van der Waals surface area contributed by atoms with E-state index in [2.05, 4.69) is 32.3 Å². The van der Waals surface area contributed by atoms with Gasteiger partial charge in [0.2, 0.25) is 5.91 Å². The second-order valence-electron chi connectivity index (χ2n) is 6.51. The van der Waals surface area contributed by atoms with Gasteiger partial charge in [0.1, 0.15) is 6.10 Å². The Morgan fingerprint density at radius 1 is 1.20 bits per heavy atom. The zero-order valence-corrected chi connectivity index (χ0v) is 14.7. The number of nitrogens with zero attached hydrogens (tertiary/aromatic N) is 3. The molecule has 1 aromatic carbocycles. The standard InChI is InChI=1S/C19H24N4O2/c1-14-11-20-19(21-12-14)25-18-7-9-23(10-8-18)13-16-3-5-17(6-4-16)22-15(2)24/h3-6,11-12,18H,7-10,13H2,1-2H3,(H,22,24). The summed E-state index contributed by atoms with van der Waals surface area (Å²) in [6.45, 7) is 6.37. The molecule has 1 aliphatic rings. The molecule has 2 aromatic rings. The molecule has 0 spiro atoms. The van der Waals surface area contributed by atoms with E-state index in [-0.39, 0.29) is 12.0 Å². The lowest BCUT2D eigenvalue weighted by Crippen LogP contribution is -2.38. The highest BCUT2D eigenvalue weighted by Gasteiger charge is 2.21. The molecule has 2 heterocycles. The number of benzene rings is 1. The first kappa shape index (κ1) is 17.4. The molecule has 0 radical (unpaired) electrons. The molecular weight excluding hydrogens is 316 g/mol. The highest BCUT2D eigenvalue weighted by Crippen LogP contribution is 2.18. The van der Waals surface area contributed by atoms with Crippen LogP contribution < -0.4 is 10.1 Å². The number of nitrogens with one attached hydrogen (secondary N) is 1. The van der Waals surface area contributed by atoms with Gasteiger partial charge in [-0.05, 0) is 43.0 Å². The molecule has 0 unspecified atom stereocenters. The molecule has 0 bridgehead atoms. The highest BCUT2D eigenvalue weighted by atomic mass is 16.5. The lowest BCUT2D eigenvalue weighted by molar-refractivity contribution is -0.114. The maximum absolute atomic E-state index is 11.1. The topological polar surface area (TPSA) is 67.4 Å². The van der Waals surface area contributed by atoms with Crippen molar-refractivity contribution in [2.75, 3.05) is 18.4 Å². The van der Waals surface area contributed by atoms with Crippen LogP contribution in [-0.4, -0.2) is 40.0 Å². The van der Waals surface area contributed by atoms with Crippen molar-refractivity contribution in [2.45, 2.75) is 39.3 Å². The Bertz CT molecular complexity index is 692. The summed E-state index contributed by atoms with van der Waals surface area (Å²) in [5.74, 6) is -0.0487. The maximum Gasteiger partial charge on any atom is 0.316 e. The zero-order valence-electron chi connectivity index (χ0n) is 14.7. The van der Waals surface area contributed by atoms with Crippen LogP contribution in [0.4, 0.5) is 5.69 Å². The molecule has 1 amide bonds. The van der Waals surface area contributed by atoms with Gasteiger partial charge in [0.25, 0.3) is 0 Å². The van der Waals surface area contributed by atoms with E-state index in [9.17, 15) is 4.79 Å². The lowest BCUT2D eigenvalue weighted by atomic mass is 10.1. The van der Waals surface area contributed by atoms with Gasteiger partial charge in [-0.15, -0.1) is 0 Å². The molecule has 1 N–H and O–H groups in total. The normalized spacial score (nSPS) is 15.8. The summed E-state index contributed by atoms with van der Waals surface area (Å²) in [5, 5.41) is 2.79. The molecule has 1 aromatic heterocycles. The average molecular weight is 340 g/mol. The Labute approximate surface area is 148 Å². The van der Waals surface area contributed by atoms with Crippen LogP contribution in [0.15, 0.2) is 36.7 Å². The monoisotopic (exact) mass is 340 g/mol. The smallest absolute Gasteiger partial charge is 0.316 e. The quantitative estimate of drug-likeness (QED) is 0.906. The first-order valence-electron chi connectivity index (χ1n) is 8.63. The van der Waals surface area contributed by atoms with Crippen molar-refractivity contribution in [3.05, 3.63) is 47.8 Å². The number of aromatic nitrogens is 2. The Hall–Kier alpha value is -2.47. The van der Waals surface area contributed by atoms with Crippen LogP contribution >= 0.6 is 0 Å². The van der Waals surface area contributed by atoms with Crippen molar-refractivity contribution in [3.63, 3.8) is 0 Å². The summed E-state index contributed by atoms with van der Waals surface area (Å²) in [6, 6.07) is 8.49. The van der Waals surface area contributed by atoms with Crippen molar-refractivity contribution in [3.8, 4) is 6.01 Å². The number of aryl methyl sites for hydroxylation is 1. The molecule has 0 atom stereocenters. The van der Waals surface area contributed by atoms with Crippen molar-refractivity contribution >= 4 is 11.6 Å². The molecule has 0 aliphatic carbocycles. The van der Waals surface area contributed by atoms with E-state index >= 15 is 0 Å². The number of amides is 1. The van der Waals surface area contributed by atoms with Crippen LogP contribution in [0.2, 0.25) is 0 Å². The number of hydrogen-bond acceptors (Lipinski definition) is 5. The van der Waals surface area contributed by atoms with E-state index in [0.717, 1.165) is 43.7 Å². The molecule has 1 fully saturated rings. The van der Waals surface area contributed by atoms with Crippen LogP contribution in [-0.2, 0) is 11.3 Å². The maximum atomic E-state index is 11.1.